The first-order chi connectivity index (χ1) is 8.46. The lowest BCUT2D eigenvalue weighted by molar-refractivity contribution is 0.0375. The molecule has 1 rings (SSSR count). The molecule has 0 aliphatic carbocycles. The Balaban J connectivity index is 2.94. The topological polar surface area (TPSA) is 103 Å². The van der Waals surface area contributed by atoms with Crippen LogP contribution < -0.4 is 5.32 Å². The summed E-state index contributed by atoms with van der Waals surface area (Å²) in [5.74, 6) is -0.640. The molecule has 0 unspecified atom stereocenters. The van der Waals surface area contributed by atoms with Crippen molar-refractivity contribution in [2.75, 3.05) is 19.8 Å². The third-order valence-electron chi connectivity index (χ3n) is 2.31. The first-order valence-corrected chi connectivity index (χ1v) is 5.70. The van der Waals surface area contributed by atoms with E-state index >= 15 is 0 Å². The van der Waals surface area contributed by atoms with Crippen LogP contribution in [0.4, 0.5) is 0 Å². The average molecular weight is 295 g/mol. The minimum absolute atomic E-state index is 0.0373. The van der Waals surface area contributed by atoms with Gasteiger partial charge in [0.1, 0.15) is 15.8 Å². The van der Waals surface area contributed by atoms with Gasteiger partial charge in [-0.2, -0.15) is 0 Å². The van der Waals surface area contributed by atoms with Gasteiger partial charge in [0.25, 0.3) is 5.91 Å². The molecule has 0 bridgehead atoms. The van der Waals surface area contributed by atoms with Crippen molar-refractivity contribution in [3.8, 4) is 0 Å². The van der Waals surface area contributed by atoms with Gasteiger partial charge >= 0.3 is 0 Å². The van der Waals surface area contributed by atoms with Crippen LogP contribution in [0.3, 0.4) is 0 Å². The maximum absolute atomic E-state index is 11.9. The first-order valence-electron chi connectivity index (χ1n) is 4.94. The maximum atomic E-state index is 11.9. The summed E-state index contributed by atoms with van der Waals surface area (Å²) in [6.07, 6.45) is 0. The van der Waals surface area contributed by atoms with E-state index in [0.717, 1.165) is 0 Å². The zero-order valence-electron chi connectivity index (χ0n) is 9.23. The van der Waals surface area contributed by atoms with Gasteiger partial charge in [-0.3, -0.25) is 4.79 Å². The monoisotopic (exact) mass is 294 g/mol. The molecule has 0 radical (unpaired) electrons. The van der Waals surface area contributed by atoms with Crippen molar-refractivity contribution in [2.45, 2.75) is 5.54 Å². The average Bonchev–Trinajstić information content (AvgIpc) is 2.35. The maximum Gasteiger partial charge on any atom is 0.252 e. The molecular formula is C10H12Cl2N2O4. The smallest absolute Gasteiger partial charge is 0.252 e. The molecule has 0 saturated carbocycles. The van der Waals surface area contributed by atoms with Crippen LogP contribution in [0.5, 0.6) is 0 Å². The molecule has 100 valence electrons. The molecule has 1 heterocycles. The van der Waals surface area contributed by atoms with E-state index in [0.29, 0.717) is 0 Å². The van der Waals surface area contributed by atoms with E-state index < -0.39 is 31.3 Å². The number of carbonyl (C=O) groups excluding carboxylic acids is 1. The molecular weight excluding hydrogens is 283 g/mol. The van der Waals surface area contributed by atoms with Crippen LogP contribution in [-0.4, -0.2) is 51.6 Å². The molecule has 0 fully saturated rings. The van der Waals surface area contributed by atoms with Crippen molar-refractivity contribution in [1.82, 2.24) is 10.3 Å². The summed E-state index contributed by atoms with van der Waals surface area (Å²) in [7, 11) is 0. The number of nitrogens with one attached hydrogen (secondary N) is 1. The van der Waals surface area contributed by atoms with Gasteiger partial charge in [0.15, 0.2) is 0 Å². The van der Waals surface area contributed by atoms with E-state index in [1.807, 2.05) is 0 Å². The van der Waals surface area contributed by atoms with Crippen molar-refractivity contribution in [1.29, 1.82) is 0 Å². The first kappa shape index (κ1) is 15.1. The van der Waals surface area contributed by atoms with Crippen molar-refractivity contribution in [3.63, 3.8) is 0 Å². The molecule has 0 saturated heterocycles. The number of aliphatic hydroxyl groups excluding tert-OH is 3. The number of halogens is 2. The molecule has 0 spiro atoms. The summed E-state index contributed by atoms with van der Waals surface area (Å²) < 4.78 is 0. The van der Waals surface area contributed by atoms with E-state index in [9.17, 15) is 4.79 Å². The second-order valence-electron chi connectivity index (χ2n) is 3.71. The predicted molar refractivity (Wildman–Crippen MR) is 65.7 cm³/mol. The van der Waals surface area contributed by atoms with E-state index in [1.165, 1.54) is 12.1 Å². The standard InChI is InChI=1S/C10H12Cl2N2O4/c11-7-1-6(2-8(12)13-7)9(18)14-10(3-15,4-16)5-17/h1-2,15-17H,3-5H2,(H,14,18). The Labute approximate surface area is 113 Å². The summed E-state index contributed by atoms with van der Waals surface area (Å²) in [6.45, 7) is -1.84. The van der Waals surface area contributed by atoms with Gasteiger partial charge in [-0.1, -0.05) is 23.2 Å². The molecule has 1 amide bonds. The second-order valence-corrected chi connectivity index (χ2v) is 4.48. The zero-order valence-corrected chi connectivity index (χ0v) is 10.7. The number of nitrogens with zero attached hydrogens (tertiary/aromatic N) is 1. The van der Waals surface area contributed by atoms with Crippen molar-refractivity contribution in [2.24, 2.45) is 0 Å². The Kier molecular flexibility index (Phi) is 5.30. The Hall–Kier alpha value is -0.920. The summed E-state index contributed by atoms with van der Waals surface area (Å²) in [6, 6.07) is 2.55. The quantitative estimate of drug-likeness (QED) is 0.565. The molecule has 0 aliphatic rings. The molecule has 6 nitrogen and oxygen atoms in total. The van der Waals surface area contributed by atoms with Gasteiger partial charge in [0.05, 0.1) is 19.8 Å². The van der Waals surface area contributed by atoms with Gasteiger partial charge in [0, 0.05) is 5.56 Å². The molecule has 1 aromatic heterocycles. The van der Waals surface area contributed by atoms with E-state index in [4.69, 9.17) is 38.5 Å². The van der Waals surface area contributed by atoms with Crippen LogP contribution in [0, 0.1) is 0 Å². The fraction of sp³-hybridized carbons (Fsp3) is 0.400. The molecule has 8 heteroatoms. The summed E-state index contributed by atoms with van der Waals surface area (Å²) in [5.41, 5.74) is -1.39. The number of hydrogen-bond donors (Lipinski definition) is 4. The lowest BCUT2D eigenvalue weighted by Crippen LogP contribution is -2.57. The van der Waals surface area contributed by atoms with E-state index in [2.05, 4.69) is 10.3 Å². The Morgan fingerprint density at radius 1 is 1.17 bits per heavy atom. The molecule has 0 aliphatic heterocycles. The highest BCUT2D eigenvalue weighted by Gasteiger charge is 2.30. The summed E-state index contributed by atoms with van der Waals surface area (Å²) >= 11 is 11.3. The van der Waals surface area contributed by atoms with Crippen LogP contribution in [0.2, 0.25) is 10.3 Å². The molecule has 0 atom stereocenters. The van der Waals surface area contributed by atoms with Crippen molar-refractivity contribution < 1.29 is 20.1 Å². The van der Waals surface area contributed by atoms with Crippen LogP contribution in [-0.2, 0) is 0 Å². The number of rotatable bonds is 5. The lowest BCUT2D eigenvalue weighted by atomic mass is 10.0. The number of aliphatic hydroxyl groups is 3. The highest BCUT2D eigenvalue weighted by atomic mass is 35.5. The van der Waals surface area contributed by atoms with Crippen LogP contribution in [0.1, 0.15) is 10.4 Å². The second kappa shape index (κ2) is 6.31. The van der Waals surface area contributed by atoms with Crippen LogP contribution in [0.15, 0.2) is 12.1 Å². The Bertz CT molecular complexity index is 409. The fourth-order valence-corrected chi connectivity index (χ4v) is 1.64. The Morgan fingerprint density at radius 3 is 2.00 bits per heavy atom. The number of amides is 1. The SMILES string of the molecule is O=C(NC(CO)(CO)CO)c1cc(Cl)nc(Cl)c1. The highest BCUT2D eigenvalue weighted by Crippen LogP contribution is 2.15. The normalized spacial score (nSPS) is 11.4. The minimum Gasteiger partial charge on any atom is -0.394 e. The van der Waals surface area contributed by atoms with Gasteiger partial charge in [-0.15, -0.1) is 0 Å². The van der Waals surface area contributed by atoms with Gasteiger partial charge in [-0.25, -0.2) is 4.98 Å². The van der Waals surface area contributed by atoms with Crippen LogP contribution in [0.25, 0.3) is 0 Å². The molecule has 1 aromatic rings. The predicted octanol–water partition coefficient (Wildman–Crippen LogP) is -0.166. The number of hydrogen-bond acceptors (Lipinski definition) is 5. The molecule has 18 heavy (non-hydrogen) atoms. The van der Waals surface area contributed by atoms with E-state index in [1.54, 1.807) is 0 Å². The van der Waals surface area contributed by atoms with E-state index in [-0.39, 0.29) is 15.9 Å². The Morgan fingerprint density at radius 2 is 1.61 bits per heavy atom. The third-order valence-corrected chi connectivity index (χ3v) is 2.70. The number of pyridine rings is 1. The zero-order chi connectivity index (χ0) is 13.8. The van der Waals surface area contributed by atoms with Gasteiger partial charge in [0.2, 0.25) is 0 Å². The van der Waals surface area contributed by atoms with Gasteiger partial charge in [-0.05, 0) is 12.1 Å². The minimum atomic E-state index is -1.50. The summed E-state index contributed by atoms with van der Waals surface area (Å²) in [4.78, 5) is 15.5. The molecule has 0 aromatic carbocycles. The lowest BCUT2D eigenvalue weighted by Gasteiger charge is -2.28. The highest BCUT2D eigenvalue weighted by molar-refractivity contribution is 6.33. The van der Waals surface area contributed by atoms with Crippen LogP contribution >= 0.6 is 23.2 Å². The largest absolute Gasteiger partial charge is 0.394 e. The molecule has 4 N–H and O–H groups in total. The number of aromatic nitrogens is 1. The third kappa shape index (κ3) is 3.54. The number of carbonyl (C=O) groups is 1. The summed E-state index contributed by atoms with van der Waals surface area (Å²) in [5, 5.41) is 29.6. The fourth-order valence-electron chi connectivity index (χ4n) is 1.18. The van der Waals surface area contributed by atoms with Gasteiger partial charge < -0.3 is 20.6 Å². The van der Waals surface area contributed by atoms with Crippen molar-refractivity contribution >= 4 is 29.1 Å². The van der Waals surface area contributed by atoms with Crippen molar-refractivity contribution in [3.05, 3.63) is 28.0 Å².